The summed E-state index contributed by atoms with van der Waals surface area (Å²) in [6.45, 7) is 5.97. The molecule has 7 nitrogen and oxygen atoms in total. The third kappa shape index (κ3) is 6.37. The molecule has 2 aromatic rings. The smallest absolute Gasteiger partial charge is 0.407 e. The zero-order valence-corrected chi connectivity index (χ0v) is 20.0. The third-order valence-corrected chi connectivity index (χ3v) is 6.22. The van der Waals surface area contributed by atoms with Crippen molar-refractivity contribution in [3.63, 3.8) is 0 Å². The monoisotopic (exact) mass is 466 g/mol. The van der Waals surface area contributed by atoms with Crippen molar-refractivity contribution in [3.05, 3.63) is 59.7 Å². The van der Waals surface area contributed by atoms with Crippen LogP contribution in [0.1, 0.15) is 63.5 Å². The van der Waals surface area contributed by atoms with Gasteiger partial charge >= 0.3 is 12.1 Å². The van der Waals surface area contributed by atoms with E-state index in [1.54, 1.807) is 0 Å². The summed E-state index contributed by atoms with van der Waals surface area (Å²) in [5.41, 5.74) is 4.63. The number of alkyl carbamates (subject to hydrolysis) is 1. The number of carbonyl (C=O) groups is 3. The zero-order valence-electron chi connectivity index (χ0n) is 20.0. The number of carbonyl (C=O) groups excluding carboxylic acids is 2. The van der Waals surface area contributed by atoms with Crippen molar-refractivity contribution in [3.8, 4) is 11.1 Å². The number of fused-ring (bicyclic) bond motifs is 3. The summed E-state index contributed by atoms with van der Waals surface area (Å²) in [5.74, 6) is -1.23. The van der Waals surface area contributed by atoms with Gasteiger partial charge in [-0.25, -0.2) is 9.59 Å². The van der Waals surface area contributed by atoms with Crippen LogP contribution in [0.5, 0.6) is 0 Å². The van der Waals surface area contributed by atoms with E-state index < -0.39 is 18.1 Å². The number of benzene rings is 2. The third-order valence-electron chi connectivity index (χ3n) is 6.22. The van der Waals surface area contributed by atoms with E-state index in [1.165, 1.54) is 11.1 Å². The Morgan fingerprint density at radius 3 is 2.09 bits per heavy atom. The van der Waals surface area contributed by atoms with E-state index in [0.717, 1.165) is 11.1 Å². The van der Waals surface area contributed by atoms with Crippen molar-refractivity contribution >= 4 is 18.0 Å². The summed E-state index contributed by atoms with van der Waals surface area (Å²) in [4.78, 5) is 36.1. The maximum Gasteiger partial charge on any atom is 0.407 e. The van der Waals surface area contributed by atoms with Gasteiger partial charge in [-0.1, -0.05) is 69.3 Å². The molecule has 0 bridgehead atoms. The van der Waals surface area contributed by atoms with E-state index in [1.807, 2.05) is 45.0 Å². The molecular formula is C27H34N2O5. The minimum atomic E-state index is -1.04. The molecule has 2 atom stereocenters. The van der Waals surface area contributed by atoms with Gasteiger partial charge in [0, 0.05) is 18.4 Å². The van der Waals surface area contributed by atoms with Crippen LogP contribution in [0.3, 0.4) is 0 Å². The summed E-state index contributed by atoms with van der Waals surface area (Å²) in [6, 6.07) is 15.2. The quantitative estimate of drug-likeness (QED) is 0.445. The molecule has 1 aliphatic rings. The second-order valence-corrected chi connectivity index (χ2v) is 9.20. The standard InChI is InChI=1S/C27H34N2O5/c1-4-18(13-14-25(30)29-24(26(31)32)15-17(2)3)28-27(33)34-16-23-21-11-7-5-9-19(21)20-10-6-8-12-22(20)23/h5-12,17-18,23-24H,4,13-16H2,1-3H3,(H,28,33)(H,29,30)(H,31,32)/t18?,24-/m0/s1. The maximum absolute atomic E-state index is 12.5. The predicted molar refractivity (Wildman–Crippen MR) is 131 cm³/mol. The summed E-state index contributed by atoms with van der Waals surface area (Å²) in [6.07, 6.45) is 1.02. The number of hydrogen-bond donors (Lipinski definition) is 3. The van der Waals surface area contributed by atoms with Gasteiger partial charge in [0.05, 0.1) is 0 Å². The fraction of sp³-hybridized carbons (Fsp3) is 0.444. The van der Waals surface area contributed by atoms with Crippen molar-refractivity contribution in [1.29, 1.82) is 0 Å². The predicted octanol–water partition coefficient (Wildman–Crippen LogP) is 4.70. The second-order valence-electron chi connectivity index (χ2n) is 9.20. The van der Waals surface area contributed by atoms with Crippen LogP contribution in [0.15, 0.2) is 48.5 Å². The molecule has 3 rings (SSSR count). The van der Waals surface area contributed by atoms with Crippen LogP contribution in [-0.4, -0.2) is 41.8 Å². The summed E-state index contributed by atoms with van der Waals surface area (Å²) in [7, 11) is 0. The molecule has 0 saturated heterocycles. The van der Waals surface area contributed by atoms with Crippen LogP contribution in [0, 0.1) is 5.92 Å². The number of nitrogens with one attached hydrogen (secondary N) is 2. The molecule has 2 aromatic carbocycles. The molecule has 0 heterocycles. The number of carboxylic acids is 1. The van der Waals surface area contributed by atoms with Crippen molar-refractivity contribution in [2.24, 2.45) is 5.92 Å². The molecular weight excluding hydrogens is 432 g/mol. The molecule has 0 aliphatic heterocycles. The van der Waals surface area contributed by atoms with Gasteiger partial charge in [0.25, 0.3) is 0 Å². The van der Waals surface area contributed by atoms with Gasteiger partial charge < -0.3 is 20.5 Å². The molecule has 0 aromatic heterocycles. The fourth-order valence-corrected chi connectivity index (χ4v) is 4.45. The van der Waals surface area contributed by atoms with E-state index >= 15 is 0 Å². The summed E-state index contributed by atoms with van der Waals surface area (Å²) >= 11 is 0. The molecule has 3 N–H and O–H groups in total. The zero-order chi connectivity index (χ0) is 24.7. The van der Waals surface area contributed by atoms with Crippen LogP contribution < -0.4 is 10.6 Å². The molecule has 7 heteroatoms. The van der Waals surface area contributed by atoms with Crippen LogP contribution in [-0.2, 0) is 14.3 Å². The first-order valence-corrected chi connectivity index (χ1v) is 11.9. The van der Waals surface area contributed by atoms with Gasteiger partial charge in [0.15, 0.2) is 0 Å². The number of carboxylic acid groups (broad SMARTS) is 1. The molecule has 0 spiro atoms. The minimum Gasteiger partial charge on any atom is -0.480 e. The first-order valence-electron chi connectivity index (χ1n) is 11.9. The largest absolute Gasteiger partial charge is 0.480 e. The van der Waals surface area contributed by atoms with E-state index in [9.17, 15) is 19.5 Å². The van der Waals surface area contributed by atoms with Crippen molar-refractivity contribution in [2.45, 2.75) is 64.5 Å². The highest BCUT2D eigenvalue weighted by Crippen LogP contribution is 2.44. The lowest BCUT2D eigenvalue weighted by atomic mass is 9.98. The molecule has 0 radical (unpaired) electrons. The molecule has 0 fully saturated rings. The van der Waals surface area contributed by atoms with Crippen molar-refractivity contribution in [2.75, 3.05) is 6.61 Å². The topological polar surface area (TPSA) is 105 Å². The molecule has 182 valence electrons. The van der Waals surface area contributed by atoms with E-state index in [2.05, 4.69) is 34.9 Å². The fourth-order valence-electron chi connectivity index (χ4n) is 4.45. The molecule has 0 saturated carbocycles. The summed E-state index contributed by atoms with van der Waals surface area (Å²) in [5, 5.41) is 14.7. The lowest BCUT2D eigenvalue weighted by Crippen LogP contribution is -2.42. The lowest BCUT2D eigenvalue weighted by molar-refractivity contribution is -0.142. The Morgan fingerprint density at radius 1 is 0.971 bits per heavy atom. The number of hydrogen-bond acceptors (Lipinski definition) is 4. The van der Waals surface area contributed by atoms with E-state index in [0.29, 0.717) is 19.3 Å². The van der Waals surface area contributed by atoms with Gasteiger partial charge in [-0.15, -0.1) is 0 Å². The van der Waals surface area contributed by atoms with Gasteiger partial charge in [-0.05, 0) is 47.4 Å². The van der Waals surface area contributed by atoms with Crippen molar-refractivity contribution < 1.29 is 24.2 Å². The normalized spacial score (nSPS) is 14.1. The Hall–Kier alpha value is -3.35. The molecule has 1 unspecified atom stereocenters. The van der Waals surface area contributed by atoms with Crippen LogP contribution in [0.25, 0.3) is 11.1 Å². The highest BCUT2D eigenvalue weighted by atomic mass is 16.5. The Balaban J connectivity index is 1.50. The Kier molecular flexibility index (Phi) is 8.68. The van der Waals surface area contributed by atoms with Crippen LogP contribution in [0.2, 0.25) is 0 Å². The number of aliphatic carboxylic acids is 1. The Bertz CT molecular complexity index is 974. The van der Waals surface area contributed by atoms with Crippen LogP contribution in [0.4, 0.5) is 4.79 Å². The molecule has 1 aliphatic carbocycles. The van der Waals surface area contributed by atoms with Crippen molar-refractivity contribution in [1.82, 2.24) is 10.6 Å². The van der Waals surface area contributed by atoms with Crippen LogP contribution >= 0.6 is 0 Å². The van der Waals surface area contributed by atoms with Gasteiger partial charge in [-0.3, -0.25) is 4.79 Å². The number of amides is 2. The molecule has 2 amide bonds. The average molecular weight is 467 g/mol. The Morgan fingerprint density at radius 2 is 1.56 bits per heavy atom. The van der Waals surface area contributed by atoms with E-state index in [-0.39, 0.29) is 36.8 Å². The maximum atomic E-state index is 12.5. The average Bonchev–Trinajstić information content (AvgIpc) is 3.13. The SMILES string of the molecule is CCC(CCC(=O)N[C@@H](CC(C)C)C(=O)O)NC(=O)OCC1c2ccccc2-c2ccccc21. The molecule has 34 heavy (non-hydrogen) atoms. The number of rotatable bonds is 11. The second kappa shape index (κ2) is 11.7. The van der Waals surface area contributed by atoms with Gasteiger partial charge in [0.1, 0.15) is 12.6 Å². The highest BCUT2D eigenvalue weighted by molar-refractivity contribution is 5.83. The van der Waals surface area contributed by atoms with E-state index in [4.69, 9.17) is 4.74 Å². The Labute approximate surface area is 200 Å². The lowest BCUT2D eigenvalue weighted by Gasteiger charge is -2.20. The summed E-state index contributed by atoms with van der Waals surface area (Å²) < 4.78 is 5.59. The first kappa shape index (κ1) is 25.3. The van der Waals surface area contributed by atoms with Gasteiger partial charge in [-0.2, -0.15) is 0 Å². The minimum absolute atomic E-state index is 0.0158. The van der Waals surface area contributed by atoms with Gasteiger partial charge in [0.2, 0.25) is 5.91 Å². The number of ether oxygens (including phenoxy) is 1. The highest BCUT2D eigenvalue weighted by Gasteiger charge is 2.29. The first-order chi connectivity index (χ1) is 16.3.